The second-order valence-corrected chi connectivity index (χ2v) is 9.55. The topological polar surface area (TPSA) is 80.5 Å². The molecule has 0 unspecified atom stereocenters. The normalized spacial score (nSPS) is 14.8. The summed E-state index contributed by atoms with van der Waals surface area (Å²) in [5.41, 5.74) is 4.67. The SMILES string of the molecule is COc1cccc(CN(CCCN2CCN(C)CC2)C(=O)c2cc3ccc(-c4cn[nH]c4)cc3[nH]2)c1. The molecule has 1 aliphatic rings. The molecule has 1 amide bonds. The van der Waals surface area contributed by atoms with E-state index in [-0.39, 0.29) is 5.91 Å². The number of hydrogen-bond acceptors (Lipinski definition) is 5. The standard InChI is InChI=1S/C28H34N6O2/c1-32-11-13-33(14-12-32)9-4-10-34(20-21-5-3-6-25(15-21)36-2)28(35)27-17-23-8-7-22(16-26(23)31-27)24-18-29-30-19-24/h3,5-8,15-19,31H,4,9-14,20H2,1-2H3,(H,29,30). The number of carbonyl (C=O) groups is 1. The number of likely N-dealkylation sites (N-methyl/N-ethyl adjacent to an activating group) is 1. The zero-order valence-electron chi connectivity index (χ0n) is 21.0. The first-order chi connectivity index (χ1) is 17.6. The maximum Gasteiger partial charge on any atom is 0.270 e. The Kier molecular flexibility index (Phi) is 7.34. The van der Waals surface area contributed by atoms with Crippen molar-refractivity contribution in [1.82, 2.24) is 29.9 Å². The number of aromatic amines is 2. The lowest BCUT2D eigenvalue weighted by Gasteiger charge is -2.33. The number of benzene rings is 2. The van der Waals surface area contributed by atoms with Crippen LogP contribution in [-0.2, 0) is 6.54 Å². The van der Waals surface area contributed by atoms with Gasteiger partial charge in [0.25, 0.3) is 5.91 Å². The lowest BCUT2D eigenvalue weighted by Crippen LogP contribution is -2.45. The van der Waals surface area contributed by atoms with Gasteiger partial charge in [0.2, 0.25) is 0 Å². The third kappa shape index (κ3) is 5.61. The second-order valence-electron chi connectivity index (χ2n) is 9.55. The Labute approximate surface area is 211 Å². The van der Waals surface area contributed by atoms with E-state index in [1.807, 2.05) is 47.5 Å². The number of nitrogens with zero attached hydrogens (tertiary/aromatic N) is 4. The van der Waals surface area contributed by atoms with Gasteiger partial charge in [-0.1, -0.05) is 24.3 Å². The van der Waals surface area contributed by atoms with Gasteiger partial charge in [-0.25, -0.2) is 0 Å². The van der Waals surface area contributed by atoms with Crippen molar-refractivity contribution >= 4 is 16.8 Å². The molecule has 3 heterocycles. The number of aromatic nitrogens is 3. The quantitative estimate of drug-likeness (QED) is 0.376. The molecule has 2 aromatic heterocycles. The lowest BCUT2D eigenvalue weighted by molar-refractivity contribution is 0.0723. The molecule has 0 atom stereocenters. The monoisotopic (exact) mass is 486 g/mol. The summed E-state index contributed by atoms with van der Waals surface area (Å²) in [4.78, 5) is 23.9. The number of nitrogens with one attached hydrogen (secondary N) is 2. The summed E-state index contributed by atoms with van der Waals surface area (Å²) in [6.07, 6.45) is 4.60. The Bertz CT molecular complexity index is 1290. The van der Waals surface area contributed by atoms with E-state index in [0.29, 0.717) is 18.8 Å². The smallest absolute Gasteiger partial charge is 0.270 e. The molecule has 5 rings (SSSR count). The number of piperazine rings is 1. The van der Waals surface area contributed by atoms with Gasteiger partial charge < -0.3 is 24.4 Å². The zero-order valence-corrected chi connectivity index (χ0v) is 21.0. The molecule has 2 aromatic carbocycles. The fraction of sp³-hybridized carbons (Fsp3) is 0.357. The lowest BCUT2D eigenvalue weighted by atomic mass is 10.1. The first-order valence-corrected chi connectivity index (χ1v) is 12.5. The molecular weight excluding hydrogens is 452 g/mol. The molecule has 1 aliphatic heterocycles. The number of ether oxygens (including phenoxy) is 1. The molecule has 0 saturated carbocycles. The second kappa shape index (κ2) is 11.0. The summed E-state index contributed by atoms with van der Waals surface area (Å²) in [5.74, 6) is 0.812. The molecule has 1 saturated heterocycles. The number of fused-ring (bicyclic) bond motifs is 1. The van der Waals surface area contributed by atoms with Crippen LogP contribution in [0.25, 0.3) is 22.0 Å². The van der Waals surface area contributed by atoms with Crippen molar-refractivity contribution in [3.8, 4) is 16.9 Å². The molecule has 36 heavy (non-hydrogen) atoms. The van der Waals surface area contributed by atoms with E-state index in [0.717, 1.165) is 72.5 Å². The van der Waals surface area contributed by atoms with E-state index in [1.54, 1.807) is 13.3 Å². The van der Waals surface area contributed by atoms with Crippen molar-refractivity contribution in [2.75, 3.05) is 53.4 Å². The van der Waals surface area contributed by atoms with E-state index in [1.165, 1.54) is 0 Å². The van der Waals surface area contributed by atoms with Crippen LogP contribution in [0.1, 0.15) is 22.5 Å². The Hall–Kier alpha value is -3.62. The maximum absolute atomic E-state index is 13.7. The van der Waals surface area contributed by atoms with Gasteiger partial charge in [-0.2, -0.15) is 5.10 Å². The Morgan fingerprint density at radius 3 is 2.72 bits per heavy atom. The summed E-state index contributed by atoms with van der Waals surface area (Å²) in [6, 6.07) is 16.1. The first kappa shape index (κ1) is 24.1. The molecule has 188 valence electrons. The number of rotatable bonds is 9. The van der Waals surface area contributed by atoms with Crippen LogP contribution >= 0.6 is 0 Å². The molecule has 2 N–H and O–H groups in total. The highest BCUT2D eigenvalue weighted by Gasteiger charge is 2.20. The highest BCUT2D eigenvalue weighted by Crippen LogP contribution is 2.25. The summed E-state index contributed by atoms with van der Waals surface area (Å²) in [5, 5.41) is 7.92. The molecule has 0 aliphatic carbocycles. The molecule has 0 spiro atoms. The average Bonchev–Trinajstić information content (AvgIpc) is 3.59. The fourth-order valence-corrected chi connectivity index (χ4v) is 4.80. The third-order valence-corrected chi connectivity index (χ3v) is 6.98. The molecule has 1 fully saturated rings. The van der Waals surface area contributed by atoms with Crippen LogP contribution in [0.4, 0.5) is 0 Å². The van der Waals surface area contributed by atoms with E-state index in [4.69, 9.17) is 4.74 Å². The van der Waals surface area contributed by atoms with Crippen LogP contribution in [0.15, 0.2) is 60.9 Å². The van der Waals surface area contributed by atoms with Gasteiger partial charge in [-0.3, -0.25) is 9.89 Å². The number of methoxy groups -OCH3 is 1. The van der Waals surface area contributed by atoms with Crippen LogP contribution in [0.2, 0.25) is 0 Å². The van der Waals surface area contributed by atoms with Gasteiger partial charge in [-0.15, -0.1) is 0 Å². The largest absolute Gasteiger partial charge is 0.497 e. The first-order valence-electron chi connectivity index (χ1n) is 12.5. The Morgan fingerprint density at radius 1 is 1.08 bits per heavy atom. The van der Waals surface area contributed by atoms with Crippen LogP contribution in [0, 0.1) is 0 Å². The molecule has 0 bridgehead atoms. The highest BCUT2D eigenvalue weighted by atomic mass is 16.5. The summed E-state index contributed by atoms with van der Waals surface area (Å²) >= 11 is 0. The third-order valence-electron chi connectivity index (χ3n) is 6.98. The van der Waals surface area contributed by atoms with Crippen molar-refractivity contribution in [3.63, 3.8) is 0 Å². The molecule has 8 heteroatoms. The van der Waals surface area contributed by atoms with E-state index >= 15 is 0 Å². The minimum Gasteiger partial charge on any atom is -0.497 e. The van der Waals surface area contributed by atoms with Crippen molar-refractivity contribution in [1.29, 1.82) is 0 Å². The van der Waals surface area contributed by atoms with Crippen molar-refractivity contribution in [2.24, 2.45) is 0 Å². The van der Waals surface area contributed by atoms with Crippen molar-refractivity contribution in [2.45, 2.75) is 13.0 Å². The maximum atomic E-state index is 13.7. The molecular formula is C28H34N6O2. The van der Waals surface area contributed by atoms with Gasteiger partial charge in [0.1, 0.15) is 11.4 Å². The van der Waals surface area contributed by atoms with Crippen LogP contribution in [-0.4, -0.2) is 89.2 Å². The average molecular weight is 487 g/mol. The highest BCUT2D eigenvalue weighted by molar-refractivity contribution is 5.98. The van der Waals surface area contributed by atoms with Gasteiger partial charge >= 0.3 is 0 Å². The summed E-state index contributed by atoms with van der Waals surface area (Å²) in [6.45, 7) is 6.59. The van der Waals surface area contributed by atoms with Gasteiger partial charge in [-0.05, 0) is 55.4 Å². The van der Waals surface area contributed by atoms with E-state index in [9.17, 15) is 4.79 Å². The minimum absolute atomic E-state index is 0.0114. The molecule has 8 nitrogen and oxygen atoms in total. The summed E-state index contributed by atoms with van der Waals surface area (Å²) in [7, 11) is 3.84. The Balaban J connectivity index is 1.34. The summed E-state index contributed by atoms with van der Waals surface area (Å²) < 4.78 is 5.41. The number of carbonyl (C=O) groups excluding carboxylic acids is 1. The zero-order chi connectivity index (χ0) is 24.9. The van der Waals surface area contributed by atoms with E-state index in [2.05, 4.69) is 44.2 Å². The minimum atomic E-state index is 0.0114. The molecule has 4 aromatic rings. The Morgan fingerprint density at radius 2 is 1.94 bits per heavy atom. The van der Waals surface area contributed by atoms with Gasteiger partial charge in [0, 0.05) is 61.9 Å². The predicted octanol–water partition coefficient (Wildman–Crippen LogP) is 3.85. The number of amides is 1. The van der Waals surface area contributed by atoms with Crippen LogP contribution in [0.3, 0.4) is 0 Å². The fourth-order valence-electron chi connectivity index (χ4n) is 4.80. The van der Waals surface area contributed by atoms with Gasteiger partial charge in [0.05, 0.1) is 13.3 Å². The van der Waals surface area contributed by atoms with Crippen LogP contribution in [0.5, 0.6) is 5.75 Å². The molecule has 0 radical (unpaired) electrons. The predicted molar refractivity (Wildman–Crippen MR) is 142 cm³/mol. The van der Waals surface area contributed by atoms with Crippen molar-refractivity contribution in [3.05, 3.63) is 72.2 Å². The van der Waals surface area contributed by atoms with Gasteiger partial charge in [0.15, 0.2) is 0 Å². The van der Waals surface area contributed by atoms with Crippen molar-refractivity contribution < 1.29 is 9.53 Å². The van der Waals surface area contributed by atoms with Crippen LogP contribution < -0.4 is 4.74 Å². The number of H-pyrrole nitrogens is 2. The van der Waals surface area contributed by atoms with E-state index < -0.39 is 0 Å². The number of hydrogen-bond donors (Lipinski definition) is 2.